The van der Waals surface area contributed by atoms with Gasteiger partial charge >= 0.3 is 5.97 Å². The molecule has 0 amide bonds. The Morgan fingerprint density at radius 1 is 1.54 bits per heavy atom. The van der Waals surface area contributed by atoms with Crippen LogP contribution in [0.4, 0.5) is 0 Å². The third kappa shape index (κ3) is 1.44. The molecule has 0 fully saturated rings. The number of hydrogen-bond donors (Lipinski definition) is 2. The first-order chi connectivity index (χ1) is 6.07. The van der Waals surface area contributed by atoms with E-state index in [1.54, 1.807) is 13.0 Å². The number of benzene rings is 1. The Morgan fingerprint density at radius 3 is 2.62 bits per heavy atom. The van der Waals surface area contributed by atoms with Crippen LogP contribution in [0.5, 0.6) is 5.75 Å². The fraction of sp³-hybridized carbons (Fsp3) is 0.111. The average Bonchev–Trinajstić information content (AvgIpc) is 2.09. The molecule has 0 atom stereocenters. The minimum absolute atomic E-state index is 0.175. The van der Waals surface area contributed by atoms with Crippen molar-refractivity contribution in [2.75, 3.05) is 0 Å². The number of aromatic carboxylic acids is 1. The molecule has 1 aromatic rings. The van der Waals surface area contributed by atoms with Crippen LogP contribution in [0.1, 0.15) is 21.5 Å². The fourth-order valence-electron chi connectivity index (χ4n) is 0.987. The molecule has 2 N–H and O–H groups in total. The van der Waals surface area contributed by atoms with E-state index in [4.69, 9.17) is 10.4 Å². The van der Waals surface area contributed by atoms with Gasteiger partial charge in [-0.05, 0) is 18.6 Å². The zero-order valence-electron chi connectivity index (χ0n) is 6.90. The molecule has 4 heteroatoms. The van der Waals surface area contributed by atoms with E-state index in [0.29, 0.717) is 5.56 Å². The van der Waals surface area contributed by atoms with Crippen molar-refractivity contribution in [3.8, 4) is 11.8 Å². The van der Waals surface area contributed by atoms with E-state index < -0.39 is 5.97 Å². The van der Waals surface area contributed by atoms with E-state index in [9.17, 15) is 9.90 Å². The van der Waals surface area contributed by atoms with E-state index >= 15 is 0 Å². The van der Waals surface area contributed by atoms with Crippen molar-refractivity contribution >= 4 is 5.97 Å². The van der Waals surface area contributed by atoms with Gasteiger partial charge in [0.25, 0.3) is 0 Å². The molecule has 0 saturated carbocycles. The summed E-state index contributed by atoms with van der Waals surface area (Å²) in [4.78, 5) is 10.6. The number of carboxylic acids is 1. The van der Waals surface area contributed by atoms with Crippen LogP contribution >= 0.6 is 0 Å². The molecule has 0 aliphatic carbocycles. The highest BCUT2D eigenvalue weighted by molar-refractivity contribution is 5.91. The Hall–Kier alpha value is -2.02. The summed E-state index contributed by atoms with van der Waals surface area (Å²) in [6.07, 6.45) is 0. The summed E-state index contributed by atoms with van der Waals surface area (Å²) in [7, 11) is 0. The van der Waals surface area contributed by atoms with E-state index in [1.807, 2.05) is 0 Å². The predicted octanol–water partition coefficient (Wildman–Crippen LogP) is 1.27. The molecule has 0 saturated heterocycles. The normalized spacial score (nSPS) is 9.23. The SMILES string of the molecule is Cc1ccc(C(=O)O)c(C#N)c1O. The van der Waals surface area contributed by atoms with Gasteiger partial charge in [0.2, 0.25) is 0 Å². The Labute approximate surface area is 74.7 Å². The minimum Gasteiger partial charge on any atom is -0.506 e. The first-order valence-electron chi connectivity index (χ1n) is 3.54. The van der Waals surface area contributed by atoms with Crippen molar-refractivity contribution in [3.63, 3.8) is 0 Å². The molecule has 0 spiro atoms. The lowest BCUT2D eigenvalue weighted by molar-refractivity contribution is 0.0696. The van der Waals surface area contributed by atoms with Gasteiger partial charge in [-0.25, -0.2) is 4.79 Å². The summed E-state index contributed by atoms with van der Waals surface area (Å²) < 4.78 is 0. The van der Waals surface area contributed by atoms with E-state index in [2.05, 4.69) is 0 Å². The first kappa shape index (κ1) is 9.07. The van der Waals surface area contributed by atoms with E-state index in [-0.39, 0.29) is 16.9 Å². The van der Waals surface area contributed by atoms with Gasteiger partial charge in [0.05, 0.1) is 5.56 Å². The maximum atomic E-state index is 10.6. The Kier molecular flexibility index (Phi) is 2.20. The second kappa shape index (κ2) is 3.15. The predicted molar refractivity (Wildman–Crippen MR) is 44.5 cm³/mol. The summed E-state index contributed by atoms with van der Waals surface area (Å²) in [6, 6.07) is 4.41. The van der Waals surface area contributed by atoms with E-state index in [0.717, 1.165) is 0 Å². The second-order valence-corrected chi connectivity index (χ2v) is 2.57. The third-order valence-corrected chi connectivity index (χ3v) is 1.72. The van der Waals surface area contributed by atoms with Crippen LogP contribution in [-0.2, 0) is 0 Å². The quantitative estimate of drug-likeness (QED) is 0.676. The fourth-order valence-corrected chi connectivity index (χ4v) is 0.987. The third-order valence-electron chi connectivity index (χ3n) is 1.72. The van der Waals surface area contributed by atoms with Gasteiger partial charge < -0.3 is 10.2 Å². The lowest BCUT2D eigenvalue weighted by atomic mass is 10.0. The van der Waals surface area contributed by atoms with Gasteiger partial charge in [-0.15, -0.1) is 0 Å². The molecule has 0 heterocycles. The topological polar surface area (TPSA) is 81.3 Å². The van der Waals surface area contributed by atoms with Crippen molar-refractivity contribution in [1.29, 1.82) is 5.26 Å². The smallest absolute Gasteiger partial charge is 0.337 e. The number of phenolic OH excluding ortho intramolecular Hbond substituents is 1. The number of carboxylic acid groups (broad SMARTS) is 1. The number of rotatable bonds is 1. The van der Waals surface area contributed by atoms with E-state index in [1.165, 1.54) is 12.1 Å². The summed E-state index contributed by atoms with van der Waals surface area (Å²) in [6.45, 7) is 1.60. The molecule has 0 unspecified atom stereocenters. The number of nitriles is 1. The molecular formula is C9H7NO3. The molecular weight excluding hydrogens is 170 g/mol. The molecule has 0 aliphatic heterocycles. The minimum atomic E-state index is -1.22. The van der Waals surface area contributed by atoms with Crippen molar-refractivity contribution in [2.24, 2.45) is 0 Å². The zero-order chi connectivity index (χ0) is 10.0. The number of aryl methyl sites for hydroxylation is 1. The van der Waals surface area contributed by atoms with Crippen LogP contribution in [0.25, 0.3) is 0 Å². The zero-order valence-corrected chi connectivity index (χ0v) is 6.90. The summed E-state index contributed by atoms with van der Waals surface area (Å²) in [5.41, 5.74) is 0.125. The standard InChI is InChI=1S/C9H7NO3/c1-5-2-3-6(9(12)13)7(4-10)8(5)11/h2-3,11H,1H3,(H,12,13). The maximum Gasteiger partial charge on any atom is 0.337 e. The molecule has 4 nitrogen and oxygen atoms in total. The van der Waals surface area contributed by atoms with Crippen LogP contribution in [0.3, 0.4) is 0 Å². The molecule has 1 aromatic carbocycles. The van der Waals surface area contributed by atoms with Crippen molar-refractivity contribution < 1.29 is 15.0 Å². The number of phenols is 1. The Bertz CT molecular complexity index is 404. The highest BCUT2D eigenvalue weighted by Gasteiger charge is 2.14. The number of hydrogen-bond acceptors (Lipinski definition) is 3. The maximum absolute atomic E-state index is 10.6. The van der Waals surface area contributed by atoms with Gasteiger partial charge in [0.1, 0.15) is 17.4 Å². The second-order valence-electron chi connectivity index (χ2n) is 2.57. The first-order valence-corrected chi connectivity index (χ1v) is 3.54. The van der Waals surface area contributed by atoms with Gasteiger partial charge in [0.15, 0.2) is 0 Å². The molecule has 13 heavy (non-hydrogen) atoms. The van der Waals surface area contributed by atoms with Crippen molar-refractivity contribution in [2.45, 2.75) is 6.92 Å². The lowest BCUT2D eigenvalue weighted by Gasteiger charge is -2.03. The van der Waals surface area contributed by atoms with Crippen LogP contribution in [0.2, 0.25) is 0 Å². The highest BCUT2D eigenvalue weighted by atomic mass is 16.4. The summed E-state index contributed by atoms with van der Waals surface area (Å²) in [5.74, 6) is -1.48. The van der Waals surface area contributed by atoms with Crippen LogP contribution in [-0.4, -0.2) is 16.2 Å². The summed E-state index contributed by atoms with van der Waals surface area (Å²) >= 11 is 0. The van der Waals surface area contributed by atoms with Crippen LogP contribution in [0, 0.1) is 18.3 Å². The number of nitrogens with zero attached hydrogens (tertiary/aromatic N) is 1. The average molecular weight is 177 g/mol. The highest BCUT2D eigenvalue weighted by Crippen LogP contribution is 2.24. The lowest BCUT2D eigenvalue weighted by Crippen LogP contribution is -2.00. The molecule has 1 rings (SSSR count). The molecule has 0 aliphatic rings. The number of aromatic hydroxyl groups is 1. The van der Waals surface area contributed by atoms with Crippen molar-refractivity contribution in [3.05, 3.63) is 28.8 Å². The molecule has 0 radical (unpaired) electrons. The van der Waals surface area contributed by atoms with Gasteiger partial charge in [-0.2, -0.15) is 5.26 Å². The molecule has 66 valence electrons. The Balaban J connectivity index is 3.50. The van der Waals surface area contributed by atoms with Crippen LogP contribution < -0.4 is 0 Å². The molecule has 0 bridgehead atoms. The molecule has 0 aromatic heterocycles. The van der Waals surface area contributed by atoms with Crippen molar-refractivity contribution in [1.82, 2.24) is 0 Å². The van der Waals surface area contributed by atoms with Gasteiger partial charge in [0, 0.05) is 0 Å². The Morgan fingerprint density at radius 2 is 2.15 bits per heavy atom. The monoisotopic (exact) mass is 177 g/mol. The van der Waals surface area contributed by atoms with Gasteiger partial charge in [-0.1, -0.05) is 6.07 Å². The number of carbonyl (C=O) groups is 1. The summed E-state index contributed by atoms with van der Waals surface area (Å²) in [5, 5.41) is 26.6. The largest absolute Gasteiger partial charge is 0.506 e. The van der Waals surface area contributed by atoms with Gasteiger partial charge in [-0.3, -0.25) is 0 Å². The van der Waals surface area contributed by atoms with Crippen LogP contribution in [0.15, 0.2) is 12.1 Å².